The van der Waals surface area contributed by atoms with Crippen LogP contribution in [0.3, 0.4) is 0 Å². The zero-order valence-electron chi connectivity index (χ0n) is 16.8. The number of hydrogen-bond donors (Lipinski definition) is 1. The molecule has 160 valence electrons. The number of pyridine rings is 2. The first kappa shape index (κ1) is 20.9. The van der Waals surface area contributed by atoms with Crippen molar-refractivity contribution in [1.82, 2.24) is 9.97 Å². The SMILES string of the molecule is O=[N+]([O-])c1ccc(N2CCC(Nc3ncccc3Cl)CC2)nc1OCc1ccccc1. The Morgan fingerprint density at radius 2 is 1.90 bits per heavy atom. The maximum absolute atomic E-state index is 11.4. The second-order valence-electron chi connectivity index (χ2n) is 7.26. The number of ether oxygens (including phenoxy) is 1. The van der Waals surface area contributed by atoms with Gasteiger partial charge in [-0.3, -0.25) is 10.1 Å². The molecule has 0 aliphatic carbocycles. The number of halogens is 1. The molecule has 1 aliphatic rings. The number of nitro groups is 1. The molecule has 4 rings (SSSR count). The van der Waals surface area contributed by atoms with Gasteiger partial charge in [0.2, 0.25) is 0 Å². The molecular weight excluding hydrogens is 418 g/mol. The van der Waals surface area contributed by atoms with Crippen LogP contribution in [0.25, 0.3) is 0 Å². The lowest BCUT2D eigenvalue weighted by atomic mass is 10.0. The molecule has 31 heavy (non-hydrogen) atoms. The summed E-state index contributed by atoms with van der Waals surface area (Å²) in [5.74, 6) is 1.39. The van der Waals surface area contributed by atoms with Gasteiger partial charge in [-0.05, 0) is 36.6 Å². The number of hydrogen-bond acceptors (Lipinski definition) is 7. The number of nitrogens with zero attached hydrogens (tertiary/aromatic N) is 4. The summed E-state index contributed by atoms with van der Waals surface area (Å²) in [7, 11) is 0. The molecule has 0 bridgehead atoms. The summed E-state index contributed by atoms with van der Waals surface area (Å²) < 4.78 is 5.71. The Morgan fingerprint density at radius 1 is 1.13 bits per heavy atom. The van der Waals surface area contributed by atoms with Crippen molar-refractivity contribution in [3.05, 3.63) is 81.5 Å². The molecule has 3 heterocycles. The van der Waals surface area contributed by atoms with Gasteiger partial charge in [0.05, 0.1) is 9.95 Å². The molecule has 0 spiro atoms. The van der Waals surface area contributed by atoms with Crippen LogP contribution < -0.4 is 15.0 Å². The van der Waals surface area contributed by atoms with Gasteiger partial charge in [-0.2, -0.15) is 4.98 Å². The summed E-state index contributed by atoms with van der Waals surface area (Å²) in [6.07, 6.45) is 3.44. The molecule has 1 aliphatic heterocycles. The normalized spacial score (nSPS) is 14.3. The van der Waals surface area contributed by atoms with E-state index in [4.69, 9.17) is 16.3 Å². The summed E-state index contributed by atoms with van der Waals surface area (Å²) in [5, 5.41) is 15.4. The second kappa shape index (κ2) is 9.61. The molecule has 0 radical (unpaired) electrons. The summed E-state index contributed by atoms with van der Waals surface area (Å²) >= 11 is 6.19. The Labute approximate surface area is 185 Å². The molecule has 1 saturated heterocycles. The van der Waals surface area contributed by atoms with E-state index < -0.39 is 4.92 Å². The van der Waals surface area contributed by atoms with Gasteiger partial charge >= 0.3 is 5.69 Å². The Morgan fingerprint density at radius 3 is 2.61 bits per heavy atom. The predicted molar refractivity (Wildman–Crippen MR) is 120 cm³/mol. The third-order valence-electron chi connectivity index (χ3n) is 5.16. The Kier molecular flexibility index (Phi) is 6.47. The minimum Gasteiger partial charge on any atom is -0.468 e. The largest absolute Gasteiger partial charge is 0.468 e. The Hall–Kier alpha value is -3.39. The first-order chi connectivity index (χ1) is 15.1. The molecule has 9 heteroatoms. The average molecular weight is 440 g/mol. The zero-order valence-corrected chi connectivity index (χ0v) is 17.5. The van der Waals surface area contributed by atoms with Gasteiger partial charge < -0.3 is 15.0 Å². The van der Waals surface area contributed by atoms with E-state index in [2.05, 4.69) is 20.2 Å². The molecular formula is C22H22ClN5O3. The van der Waals surface area contributed by atoms with Gasteiger partial charge in [0.25, 0.3) is 5.88 Å². The first-order valence-corrected chi connectivity index (χ1v) is 10.4. The quantitative estimate of drug-likeness (QED) is 0.421. The van der Waals surface area contributed by atoms with Crippen LogP contribution in [0.1, 0.15) is 18.4 Å². The minimum atomic E-state index is -0.468. The lowest BCUT2D eigenvalue weighted by molar-refractivity contribution is -0.386. The van der Waals surface area contributed by atoms with Crippen LogP contribution in [0.2, 0.25) is 5.02 Å². The Balaban J connectivity index is 1.42. The maximum atomic E-state index is 11.4. The van der Waals surface area contributed by atoms with Crippen molar-refractivity contribution >= 4 is 28.9 Å². The summed E-state index contributed by atoms with van der Waals surface area (Å²) in [5.41, 5.74) is 0.782. The van der Waals surface area contributed by atoms with E-state index in [0.29, 0.717) is 16.7 Å². The van der Waals surface area contributed by atoms with Crippen molar-refractivity contribution in [1.29, 1.82) is 0 Å². The summed E-state index contributed by atoms with van der Waals surface area (Å²) in [6, 6.07) is 16.5. The predicted octanol–water partition coefficient (Wildman–Crippen LogP) is 4.70. The minimum absolute atomic E-state index is 0.0341. The first-order valence-electron chi connectivity index (χ1n) is 10.0. The van der Waals surface area contributed by atoms with Crippen LogP contribution >= 0.6 is 11.6 Å². The van der Waals surface area contributed by atoms with E-state index in [1.54, 1.807) is 18.3 Å². The third-order valence-corrected chi connectivity index (χ3v) is 5.46. The van der Waals surface area contributed by atoms with Crippen LogP contribution in [-0.4, -0.2) is 34.0 Å². The average Bonchev–Trinajstić information content (AvgIpc) is 2.80. The fraction of sp³-hybridized carbons (Fsp3) is 0.273. The van der Waals surface area contributed by atoms with Crippen LogP contribution in [0.5, 0.6) is 5.88 Å². The zero-order chi connectivity index (χ0) is 21.6. The highest BCUT2D eigenvalue weighted by molar-refractivity contribution is 6.32. The smallest absolute Gasteiger partial charge is 0.331 e. The van der Waals surface area contributed by atoms with Crippen molar-refractivity contribution in [3.63, 3.8) is 0 Å². The molecule has 2 aromatic heterocycles. The second-order valence-corrected chi connectivity index (χ2v) is 7.67. The van der Waals surface area contributed by atoms with Crippen LogP contribution in [0.15, 0.2) is 60.8 Å². The molecule has 1 fully saturated rings. The summed E-state index contributed by atoms with van der Waals surface area (Å²) in [4.78, 5) is 21.8. The lowest BCUT2D eigenvalue weighted by Crippen LogP contribution is -2.39. The number of piperidine rings is 1. The van der Waals surface area contributed by atoms with Crippen molar-refractivity contribution in [2.75, 3.05) is 23.3 Å². The van der Waals surface area contributed by atoms with Gasteiger partial charge in [-0.25, -0.2) is 4.98 Å². The highest BCUT2D eigenvalue weighted by atomic mass is 35.5. The van der Waals surface area contributed by atoms with Crippen molar-refractivity contribution in [3.8, 4) is 5.88 Å². The highest BCUT2D eigenvalue weighted by Gasteiger charge is 2.24. The fourth-order valence-electron chi connectivity index (χ4n) is 3.51. The van der Waals surface area contributed by atoms with E-state index in [9.17, 15) is 10.1 Å². The molecule has 1 N–H and O–H groups in total. The molecule has 3 aromatic rings. The van der Waals surface area contributed by atoms with Gasteiger partial charge in [0.15, 0.2) is 0 Å². The topological polar surface area (TPSA) is 93.4 Å². The maximum Gasteiger partial charge on any atom is 0.331 e. The lowest BCUT2D eigenvalue weighted by Gasteiger charge is -2.33. The fourth-order valence-corrected chi connectivity index (χ4v) is 3.68. The number of anilines is 2. The van der Waals surface area contributed by atoms with Gasteiger partial charge in [-0.1, -0.05) is 41.9 Å². The molecule has 0 amide bonds. The highest BCUT2D eigenvalue weighted by Crippen LogP contribution is 2.30. The molecule has 0 atom stereocenters. The van der Waals surface area contributed by atoms with Crippen LogP contribution in [0.4, 0.5) is 17.3 Å². The molecule has 1 aromatic carbocycles. The molecule has 0 saturated carbocycles. The number of benzene rings is 1. The van der Waals surface area contributed by atoms with Crippen LogP contribution in [-0.2, 0) is 6.61 Å². The summed E-state index contributed by atoms with van der Waals surface area (Å²) in [6.45, 7) is 1.73. The monoisotopic (exact) mass is 439 g/mol. The number of nitrogens with one attached hydrogen (secondary N) is 1. The van der Waals surface area contributed by atoms with Gasteiger partial charge in [0, 0.05) is 31.4 Å². The molecule has 8 nitrogen and oxygen atoms in total. The van der Waals surface area contributed by atoms with E-state index in [-0.39, 0.29) is 24.2 Å². The standard InChI is InChI=1S/C22H22ClN5O3/c23-18-7-4-12-24-21(18)25-17-10-13-27(14-11-17)20-9-8-19(28(29)30)22(26-20)31-15-16-5-2-1-3-6-16/h1-9,12,17H,10-11,13-15H2,(H,24,25). The van der Waals surface area contributed by atoms with Crippen molar-refractivity contribution < 1.29 is 9.66 Å². The number of rotatable bonds is 7. The van der Waals surface area contributed by atoms with E-state index in [1.165, 1.54) is 6.07 Å². The van der Waals surface area contributed by atoms with Crippen molar-refractivity contribution in [2.45, 2.75) is 25.5 Å². The van der Waals surface area contributed by atoms with Crippen molar-refractivity contribution in [2.24, 2.45) is 0 Å². The van der Waals surface area contributed by atoms with Gasteiger partial charge in [0.1, 0.15) is 18.2 Å². The van der Waals surface area contributed by atoms with E-state index >= 15 is 0 Å². The van der Waals surface area contributed by atoms with Crippen LogP contribution in [0, 0.1) is 10.1 Å². The van der Waals surface area contributed by atoms with E-state index in [1.807, 2.05) is 36.4 Å². The van der Waals surface area contributed by atoms with E-state index in [0.717, 1.165) is 31.5 Å². The van der Waals surface area contributed by atoms with Gasteiger partial charge in [-0.15, -0.1) is 0 Å². The third kappa shape index (κ3) is 5.21. The Bertz CT molecular complexity index is 1040. The molecule has 0 unspecified atom stereocenters. The number of aromatic nitrogens is 2.